The highest BCUT2D eigenvalue weighted by atomic mass is 16.6. The van der Waals surface area contributed by atoms with Crippen LogP contribution in [0.4, 0.5) is 11.4 Å². The lowest BCUT2D eigenvalue weighted by molar-refractivity contribution is -0.141. The van der Waals surface area contributed by atoms with Crippen LogP contribution in [0.3, 0.4) is 0 Å². The van der Waals surface area contributed by atoms with Gasteiger partial charge in [0.2, 0.25) is 5.91 Å². The third kappa shape index (κ3) is 14.5. The molecule has 74 heavy (non-hydrogen) atoms. The third-order valence-corrected chi connectivity index (χ3v) is 12.9. The summed E-state index contributed by atoms with van der Waals surface area (Å²) in [5, 5.41) is 0. The Morgan fingerprint density at radius 2 is 1.14 bits per heavy atom. The van der Waals surface area contributed by atoms with Gasteiger partial charge >= 0.3 is 5.97 Å². The number of allylic oxidation sites excluding steroid dienone is 2. The average molecular weight is 1030 g/mol. The first-order valence-electron chi connectivity index (χ1n) is 24.9. The number of hydrogen-bond acceptors (Lipinski definition) is 17. The number of hydrogen-bond donors (Lipinski definition) is 0. The number of pyridine rings is 1. The molecule has 2 aromatic carbocycles. The Kier molecular flexibility index (Phi) is 20.3. The largest absolute Gasteiger partial charge is 0.493 e. The number of carbonyl (C=O) groups is 4. The highest BCUT2D eigenvalue weighted by Gasteiger charge is 2.36. The number of nitrogens with zero attached hydrogens (tertiary/aromatic N) is 6. The standard InChI is InChI=1S/C54H68N6O14/c1-7-36-22-40-30-55-45-28-49(47(66-4)26-43(45)53(63)59(40)32-36)73-34-38-24-42(72-15-13-58(12-9-10-52(62)68-6)51(61)11-14-69-18-19-71-21-20-70-17-16-65-3)25-39(57-38)35-74-50-29-46-44(27-48(50)67-5)54(64)60-33-37(8-2)23-41(60)31-56-46/h7-8,24-31,40-41H,9-23,32-35H2,1-6H3. The van der Waals surface area contributed by atoms with Gasteiger partial charge in [-0.1, -0.05) is 23.3 Å². The first-order valence-corrected chi connectivity index (χ1v) is 24.9. The van der Waals surface area contributed by atoms with Crippen LogP contribution in [0.25, 0.3) is 0 Å². The fourth-order valence-corrected chi connectivity index (χ4v) is 8.84. The first-order chi connectivity index (χ1) is 36.0. The summed E-state index contributed by atoms with van der Waals surface area (Å²) in [6, 6.07) is 9.87. The fourth-order valence-electron chi connectivity index (χ4n) is 8.84. The number of fused-ring (bicyclic) bond motifs is 4. The van der Waals surface area contributed by atoms with Gasteiger partial charge in [0.1, 0.15) is 25.6 Å². The molecule has 0 N–H and O–H groups in total. The lowest BCUT2D eigenvalue weighted by atomic mass is 10.1. The van der Waals surface area contributed by atoms with E-state index in [-0.39, 0.29) is 81.6 Å². The van der Waals surface area contributed by atoms with Crippen LogP contribution in [0.1, 0.15) is 78.1 Å². The van der Waals surface area contributed by atoms with Crippen molar-refractivity contribution in [2.45, 2.75) is 71.2 Å². The van der Waals surface area contributed by atoms with E-state index in [0.717, 1.165) is 12.8 Å². The van der Waals surface area contributed by atoms with E-state index in [0.29, 0.717) is 128 Å². The van der Waals surface area contributed by atoms with Crippen molar-refractivity contribution in [3.8, 4) is 28.7 Å². The molecule has 3 amide bonds. The van der Waals surface area contributed by atoms with Crippen LogP contribution >= 0.6 is 0 Å². The number of aliphatic imine (C=N–C) groups is 2. The van der Waals surface area contributed by atoms with Gasteiger partial charge in [0.25, 0.3) is 11.8 Å². The van der Waals surface area contributed by atoms with E-state index in [9.17, 15) is 19.2 Å². The summed E-state index contributed by atoms with van der Waals surface area (Å²) in [4.78, 5) is 72.6. The van der Waals surface area contributed by atoms with Crippen LogP contribution in [-0.4, -0.2) is 175 Å². The zero-order chi connectivity index (χ0) is 52.4. The van der Waals surface area contributed by atoms with Crippen molar-refractivity contribution in [1.82, 2.24) is 19.7 Å². The molecule has 3 aromatic rings. The monoisotopic (exact) mass is 1020 g/mol. The maximum Gasteiger partial charge on any atom is 0.305 e. The van der Waals surface area contributed by atoms with Gasteiger partial charge in [-0.25, -0.2) is 0 Å². The first kappa shape index (κ1) is 54.9. The Morgan fingerprint density at radius 3 is 1.62 bits per heavy atom. The van der Waals surface area contributed by atoms with Gasteiger partial charge in [0.05, 0.1) is 127 Å². The van der Waals surface area contributed by atoms with Crippen molar-refractivity contribution in [3.63, 3.8) is 0 Å². The number of rotatable bonds is 28. The fraction of sp³-hybridized carbons (Fsp3) is 0.500. The molecule has 20 heteroatoms. The molecule has 20 nitrogen and oxygen atoms in total. The van der Waals surface area contributed by atoms with Gasteiger partial charge in [-0.15, -0.1) is 0 Å². The van der Waals surface area contributed by atoms with E-state index >= 15 is 0 Å². The number of amides is 3. The molecule has 0 saturated carbocycles. The minimum absolute atomic E-state index is 0.0483. The Hall–Kier alpha value is -6.87. The molecule has 4 aliphatic heterocycles. The van der Waals surface area contributed by atoms with E-state index in [1.165, 1.54) is 32.5 Å². The van der Waals surface area contributed by atoms with E-state index in [2.05, 4.69) is 0 Å². The summed E-state index contributed by atoms with van der Waals surface area (Å²) in [5.41, 5.74) is 5.04. The third-order valence-electron chi connectivity index (χ3n) is 12.9. The highest BCUT2D eigenvalue weighted by Crippen LogP contribution is 2.41. The summed E-state index contributed by atoms with van der Waals surface area (Å²) in [7, 11) is 5.96. The van der Waals surface area contributed by atoms with E-state index < -0.39 is 0 Å². The topological polar surface area (TPSA) is 208 Å². The van der Waals surface area contributed by atoms with Gasteiger partial charge < -0.3 is 62.1 Å². The maximum atomic E-state index is 13.8. The summed E-state index contributed by atoms with van der Waals surface area (Å²) < 4.78 is 57.0. The van der Waals surface area contributed by atoms with Gasteiger partial charge in [-0.2, -0.15) is 0 Å². The summed E-state index contributed by atoms with van der Waals surface area (Å²) in [5.74, 6) is 1.01. The molecule has 398 valence electrons. The van der Waals surface area contributed by atoms with Crippen LogP contribution < -0.4 is 23.7 Å². The van der Waals surface area contributed by atoms with Crippen LogP contribution in [0, 0.1) is 0 Å². The molecular formula is C54H68N6O14. The molecule has 2 fully saturated rings. The molecule has 2 saturated heterocycles. The minimum atomic E-state index is -0.372. The molecule has 0 bridgehead atoms. The van der Waals surface area contributed by atoms with Crippen molar-refractivity contribution in [2.75, 3.05) is 107 Å². The lowest BCUT2D eigenvalue weighted by Gasteiger charge is -2.23. The highest BCUT2D eigenvalue weighted by molar-refractivity contribution is 6.05. The van der Waals surface area contributed by atoms with Crippen molar-refractivity contribution < 1.29 is 66.5 Å². The molecule has 1 aromatic heterocycles. The predicted molar refractivity (Wildman–Crippen MR) is 274 cm³/mol. The zero-order valence-electron chi connectivity index (χ0n) is 43.3. The number of ether oxygens (including phenoxy) is 10. The Morgan fingerprint density at radius 1 is 0.622 bits per heavy atom. The van der Waals surface area contributed by atoms with Crippen LogP contribution in [0.2, 0.25) is 0 Å². The molecule has 2 unspecified atom stereocenters. The van der Waals surface area contributed by atoms with Crippen molar-refractivity contribution in [3.05, 3.63) is 82.2 Å². The Balaban J connectivity index is 1.06. The minimum Gasteiger partial charge on any atom is -0.493 e. The normalized spacial score (nSPS) is 17.6. The number of aromatic nitrogens is 1. The summed E-state index contributed by atoms with van der Waals surface area (Å²) in [6.07, 6.45) is 9.79. The zero-order valence-corrected chi connectivity index (χ0v) is 43.3. The average Bonchev–Trinajstić information content (AvgIpc) is 3.99. The lowest BCUT2D eigenvalue weighted by Crippen LogP contribution is -2.36. The number of benzene rings is 2. The summed E-state index contributed by atoms with van der Waals surface area (Å²) >= 11 is 0. The quantitative estimate of drug-likeness (QED) is 0.0447. The molecule has 4 aliphatic rings. The second-order valence-electron chi connectivity index (χ2n) is 17.8. The van der Waals surface area contributed by atoms with Gasteiger partial charge in [-0.05, 0) is 45.2 Å². The van der Waals surface area contributed by atoms with Gasteiger partial charge in [-0.3, -0.25) is 34.1 Å². The Bertz CT molecular complexity index is 2450. The van der Waals surface area contributed by atoms with Gasteiger partial charge in [0, 0.05) is 69.9 Å². The molecule has 7 rings (SSSR count). The molecule has 0 spiro atoms. The molecule has 0 radical (unpaired) electrons. The molecule has 0 aliphatic carbocycles. The van der Waals surface area contributed by atoms with Crippen molar-refractivity contribution in [1.29, 1.82) is 0 Å². The van der Waals surface area contributed by atoms with Crippen LogP contribution in [0.15, 0.2) is 69.7 Å². The number of carbonyl (C=O) groups excluding carboxylic acids is 4. The van der Waals surface area contributed by atoms with Crippen LogP contribution in [0.5, 0.6) is 28.7 Å². The Labute approximate surface area is 432 Å². The maximum absolute atomic E-state index is 13.8. The predicted octanol–water partition coefficient (Wildman–Crippen LogP) is 6.26. The SMILES string of the molecule is CC=C1CC2C=Nc3cc(OCc4cc(OCCN(CCCC(=O)OC)C(=O)CCOCCOCCOCCOC)cc(COc5cc6c(cc5OC)C(=O)N5CC(=CC)CC5C=N6)n4)c(OC)cc3C(=O)N2C1. The van der Waals surface area contributed by atoms with E-state index in [1.54, 1.807) is 60.8 Å². The molecule has 5 heterocycles. The summed E-state index contributed by atoms with van der Waals surface area (Å²) in [6.45, 7) is 8.22. The second-order valence-corrected chi connectivity index (χ2v) is 17.8. The van der Waals surface area contributed by atoms with Crippen LogP contribution in [-0.2, 0) is 46.5 Å². The smallest absolute Gasteiger partial charge is 0.305 e. The van der Waals surface area contributed by atoms with Crippen molar-refractivity contribution in [2.24, 2.45) is 9.98 Å². The van der Waals surface area contributed by atoms with Crippen molar-refractivity contribution >= 4 is 47.5 Å². The molecule has 2 atom stereocenters. The molecular weight excluding hydrogens is 957 g/mol. The second kappa shape index (κ2) is 27.4. The van der Waals surface area contributed by atoms with Gasteiger partial charge in [0.15, 0.2) is 23.0 Å². The number of esters is 1. The number of methoxy groups -OCH3 is 4. The van der Waals surface area contributed by atoms with E-state index in [4.69, 9.17) is 62.3 Å². The van der Waals surface area contributed by atoms with E-state index in [1.807, 2.05) is 35.8 Å².